The highest BCUT2D eigenvalue weighted by Crippen LogP contribution is 2.50. The van der Waals surface area contributed by atoms with Crippen LogP contribution in [0.25, 0.3) is 43.7 Å². The second-order valence-electron chi connectivity index (χ2n) is 7.95. The third kappa shape index (κ3) is 1.61. The molecule has 0 atom stereocenters. The second-order valence-corrected chi connectivity index (χ2v) is 7.95. The number of benzene rings is 4. The van der Waals surface area contributed by atoms with Crippen molar-refractivity contribution in [2.24, 2.45) is 0 Å². The highest BCUT2D eigenvalue weighted by Gasteiger charge is 2.35. The van der Waals surface area contributed by atoms with Crippen molar-refractivity contribution in [2.75, 3.05) is 0 Å². The molecule has 1 heterocycles. The Bertz CT molecular complexity index is 1350. The lowest BCUT2D eigenvalue weighted by Gasteiger charge is -2.21. The van der Waals surface area contributed by atoms with Crippen molar-refractivity contribution < 1.29 is 0 Å². The average molecular weight is 333 g/mol. The van der Waals surface area contributed by atoms with E-state index >= 15 is 0 Å². The zero-order chi connectivity index (χ0) is 17.5. The first-order valence-electron chi connectivity index (χ1n) is 9.22. The molecule has 0 spiro atoms. The van der Waals surface area contributed by atoms with Crippen LogP contribution in [0.5, 0.6) is 0 Å². The van der Waals surface area contributed by atoms with E-state index in [0.29, 0.717) is 0 Å². The maximum Gasteiger partial charge on any atom is 0.0544 e. The molecule has 0 saturated heterocycles. The van der Waals surface area contributed by atoms with Crippen molar-refractivity contribution in [3.8, 4) is 11.1 Å². The van der Waals surface area contributed by atoms with E-state index in [1.54, 1.807) is 0 Å². The summed E-state index contributed by atoms with van der Waals surface area (Å²) in [6.07, 6.45) is 0. The molecule has 1 N–H and O–H groups in total. The molecule has 0 saturated carbocycles. The molecule has 26 heavy (non-hydrogen) atoms. The molecule has 0 fully saturated rings. The van der Waals surface area contributed by atoms with Gasteiger partial charge >= 0.3 is 0 Å². The van der Waals surface area contributed by atoms with Crippen molar-refractivity contribution in [3.63, 3.8) is 0 Å². The van der Waals surface area contributed by atoms with Crippen molar-refractivity contribution in [2.45, 2.75) is 19.3 Å². The summed E-state index contributed by atoms with van der Waals surface area (Å²) in [7, 11) is 0. The fourth-order valence-electron chi connectivity index (χ4n) is 4.84. The van der Waals surface area contributed by atoms with E-state index in [1.807, 2.05) is 0 Å². The van der Waals surface area contributed by atoms with E-state index in [9.17, 15) is 0 Å². The first kappa shape index (κ1) is 14.1. The molecule has 1 aliphatic carbocycles. The number of H-pyrrole nitrogens is 1. The molecule has 0 amide bonds. The summed E-state index contributed by atoms with van der Waals surface area (Å²) in [6.45, 7) is 4.67. The average Bonchev–Trinajstić information content (AvgIpc) is 3.14. The van der Waals surface area contributed by atoms with E-state index in [-0.39, 0.29) is 5.41 Å². The van der Waals surface area contributed by atoms with Crippen LogP contribution >= 0.6 is 0 Å². The number of fused-ring (bicyclic) bond motifs is 8. The van der Waals surface area contributed by atoms with Crippen LogP contribution in [0, 0.1) is 0 Å². The molecule has 1 aromatic heterocycles. The molecule has 0 radical (unpaired) electrons. The molecule has 0 unspecified atom stereocenters. The molecule has 6 rings (SSSR count). The Morgan fingerprint density at radius 1 is 0.654 bits per heavy atom. The molecular formula is C25H19N. The second kappa shape index (κ2) is 4.56. The Labute approximate surface area is 152 Å². The van der Waals surface area contributed by atoms with Crippen LogP contribution in [-0.2, 0) is 5.41 Å². The molecular weight excluding hydrogens is 314 g/mol. The summed E-state index contributed by atoms with van der Waals surface area (Å²) in [5, 5.41) is 5.20. The normalized spacial score (nSPS) is 14.8. The Hall–Kier alpha value is -3.06. The van der Waals surface area contributed by atoms with Gasteiger partial charge in [-0.25, -0.2) is 0 Å². The lowest BCUT2D eigenvalue weighted by Crippen LogP contribution is -2.14. The Morgan fingerprint density at radius 3 is 2.38 bits per heavy atom. The van der Waals surface area contributed by atoms with Gasteiger partial charge in [-0.3, -0.25) is 0 Å². The van der Waals surface area contributed by atoms with Gasteiger partial charge in [-0.05, 0) is 39.8 Å². The third-order valence-corrected chi connectivity index (χ3v) is 6.20. The maximum absolute atomic E-state index is 3.72. The Kier molecular flexibility index (Phi) is 2.48. The summed E-state index contributed by atoms with van der Waals surface area (Å²) in [5.74, 6) is 0. The van der Waals surface area contributed by atoms with E-state index < -0.39 is 0 Å². The molecule has 0 bridgehead atoms. The van der Waals surface area contributed by atoms with Gasteiger partial charge in [0.05, 0.1) is 5.52 Å². The fourth-order valence-corrected chi connectivity index (χ4v) is 4.84. The molecule has 0 aliphatic heterocycles. The summed E-state index contributed by atoms with van der Waals surface area (Å²) in [6, 6.07) is 26.7. The molecule has 1 nitrogen and oxygen atoms in total. The van der Waals surface area contributed by atoms with Crippen molar-refractivity contribution in [1.29, 1.82) is 0 Å². The van der Waals surface area contributed by atoms with Crippen LogP contribution in [-0.4, -0.2) is 4.98 Å². The van der Waals surface area contributed by atoms with Gasteiger partial charge in [-0.15, -0.1) is 0 Å². The standard InChI is InChI=1S/C25H19N/c1-25(2)21-10-6-5-9-17(21)19-13-20-18-12-11-15-7-3-4-8-16(15)24(18)26-23(20)14-22(19)25/h3-14,26H,1-2H3. The first-order valence-corrected chi connectivity index (χ1v) is 9.22. The van der Waals surface area contributed by atoms with E-state index in [4.69, 9.17) is 0 Å². The van der Waals surface area contributed by atoms with Crippen molar-refractivity contribution >= 4 is 32.6 Å². The fraction of sp³-hybridized carbons (Fsp3) is 0.120. The van der Waals surface area contributed by atoms with Gasteiger partial charge < -0.3 is 4.98 Å². The first-order chi connectivity index (χ1) is 12.6. The highest BCUT2D eigenvalue weighted by atomic mass is 14.7. The van der Waals surface area contributed by atoms with Crippen LogP contribution < -0.4 is 0 Å². The van der Waals surface area contributed by atoms with Gasteiger partial charge in [0.25, 0.3) is 0 Å². The molecule has 1 heteroatoms. The monoisotopic (exact) mass is 333 g/mol. The van der Waals surface area contributed by atoms with Crippen LogP contribution in [0.3, 0.4) is 0 Å². The van der Waals surface area contributed by atoms with Gasteiger partial charge in [0.1, 0.15) is 0 Å². The Morgan fingerprint density at radius 2 is 1.46 bits per heavy atom. The van der Waals surface area contributed by atoms with Gasteiger partial charge in [0.15, 0.2) is 0 Å². The van der Waals surface area contributed by atoms with Gasteiger partial charge in [-0.1, -0.05) is 74.5 Å². The topological polar surface area (TPSA) is 15.8 Å². The van der Waals surface area contributed by atoms with Crippen molar-refractivity contribution in [3.05, 3.63) is 83.9 Å². The SMILES string of the molecule is CC1(C)c2ccccc2-c2cc3c(cc21)[nH]c1c2ccccc2ccc31. The molecule has 1 aliphatic rings. The largest absolute Gasteiger partial charge is 0.354 e. The predicted octanol–water partition coefficient (Wildman–Crippen LogP) is 6.78. The summed E-state index contributed by atoms with van der Waals surface area (Å²) in [4.78, 5) is 3.72. The lowest BCUT2D eigenvalue weighted by atomic mass is 9.82. The highest BCUT2D eigenvalue weighted by molar-refractivity contribution is 6.18. The number of rotatable bonds is 0. The van der Waals surface area contributed by atoms with Crippen molar-refractivity contribution in [1.82, 2.24) is 4.98 Å². The van der Waals surface area contributed by atoms with E-state index in [1.165, 1.54) is 54.8 Å². The lowest BCUT2D eigenvalue weighted by molar-refractivity contribution is 0.661. The minimum absolute atomic E-state index is 0.0411. The number of aromatic amines is 1. The quantitative estimate of drug-likeness (QED) is 0.321. The summed E-state index contributed by atoms with van der Waals surface area (Å²) >= 11 is 0. The molecule has 4 aromatic carbocycles. The molecule has 124 valence electrons. The van der Waals surface area contributed by atoms with Crippen LogP contribution in [0.15, 0.2) is 72.8 Å². The number of nitrogens with one attached hydrogen (secondary N) is 1. The van der Waals surface area contributed by atoms with Crippen LogP contribution in [0.2, 0.25) is 0 Å². The predicted molar refractivity (Wildman–Crippen MR) is 111 cm³/mol. The number of aromatic nitrogens is 1. The summed E-state index contributed by atoms with van der Waals surface area (Å²) < 4.78 is 0. The smallest absolute Gasteiger partial charge is 0.0544 e. The van der Waals surface area contributed by atoms with Gasteiger partial charge in [0, 0.05) is 27.1 Å². The summed E-state index contributed by atoms with van der Waals surface area (Å²) in [5.41, 5.74) is 8.12. The van der Waals surface area contributed by atoms with Gasteiger partial charge in [-0.2, -0.15) is 0 Å². The minimum Gasteiger partial charge on any atom is -0.354 e. The minimum atomic E-state index is 0.0411. The number of hydrogen-bond acceptors (Lipinski definition) is 0. The zero-order valence-electron chi connectivity index (χ0n) is 14.9. The van der Waals surface area contributed by atoms with Gasteiger partial charge in [0.2, 0.25) is 0 Å². The van der Waals surface area contributed by atoms with E-state index in [2.05, 4.69) is 91.6 Å². The third-order valence-electron chi connectivity index (χ3n) is 6.20. The van der Waals surface area contributed by atoms with Crippen LogP contribution in [0.1, 0.15) is 25.0 Å². The number of hydrogen-bond donors (Lipinski definition) is 1. The van der Waals surface area contributed by atoms with E-state index in [0.717, 1.165) is 0 Å². The molecule has 5 aromatic rings. The Balaban J connectivity index is 1.77. The van der Waals surface area contributed by atoms with Crippen LogP contribution in [0.4, 0.5) is 0 Å². The maximum atomic E-state index is 3.72. The zero-order valence-corrected chi connectivity index (χ0v) is 14.9.